The molecule has 0 fully saturated rings. The highest BCUT2D eigenvalue weighted by atomic mass is 32.2. The van der Waals surface area contributed by atoms with Crippen LogP contribution in [0.2, 0.25) is 0 Å². The molecule has 0 amide bonds. The minimum atomic E-state index is 0.274. The largest absolute Gasteiger partial charge is 0.330 e. The van der Waals surface area contributed by atoms with E-state index in [0.717, 1.165) is 23.0 Å². The summed E-state index contributed by atoms with van der Waals surface area (Å²) in [5.74, 6) is 1.12. The number of pyridine rings is 1. The molecule has 0 radical (unpaired) electrons. The molecule has 1 aromatic heterocycles. The van der Waals surface area contributed by atoms with Crippen molar-refractivity contribution < 1.29 is 0 Å². The van der Waals surface area contributed by atoms with Gasteiger partial charge in [0.1, 0.15) is 0 Å². The Morgan fingerprint density at radius 1 is 1.29 bits per heavy atom. The maximum absolute atomic E-state index is 5.72. The molecule has 17 heavy (non-hydrogen) atoms. The van der Waals surface area contributed by atoms with E-state index in [1.54, 1.807) is 0 Å². The summed E-state index contributed by atoms with van der Waals surface area (Å²) in [6.07, 6.45) is 2.38. The first-order valence-electron chi connectivity index (χ1n) is 6.21. The van der Waals surface area contributed by atoms with Gasteiger partial charge in [-0.3, -0.25) is 0 Å². The SMILES string of the molecule is Cc1cc(C)nc(SCCCC(C)(C)CN)c1. The lowest BCUT2D eigenvalue weighted by Gasteiger charge is -2.21. The van der Waals surface area contributed by atoms with E-state index in [0.29, 0.717) is 0 Å². The molecule has 96 valence electrons. The Hall–Kier alpha value is -0.540. The standard InChI is InChI=1S/C14H24N2S/c1-11-8-12(2)16-13(9-11)17-7-5-6-14(3,4)10-15/h8-9H,5-7,10,15H2,1-4H3. The number of hydrogen-bond donors (Lipinski definition) is 1. The van der Waals surface area contributed by atoms with E-state index in [-0.39, 0.29) is 5.41 Å². The zero-order chi connectivity index (χ0) is 12.9. The van der Waals surface area contributed by atoms with E-state index in [9.17, 15) is 0 Å². The van der Waals surface area contributed by atoms with E-state index in [2.05, 4.69) is 44.8 Å². The van der Waals surface area contributed by atoms with Gasteiger partial charge in [-0.25, -0.2) is 4.98 Å². The van der Waals surface area contributed by atoms with Crippen molar-refractivity contribution in [2.24, 2.45) is 11.1 Å². The number of hydrogen-bond acceptors (Lipinski definition) is 3. The summed E-state index contributed by atoms with van der Waals surface area (Å²) >= 11 is 1.85. The molecule has 0 aliphatic rings. The second-order valence-electron chi connectivity index (χ2n) is 5.44. The molecular weight excluding hydrogens is 228 g/mol. The van der Waals surface area contributed by atoms with Crippen LogP contribution in [0, 0.1) is 19.3 Å². The van der Waals surface area contributed by atoms with Crippen LogP contribution in [0.5, 0.6) is 0 Å². The molecule has 0 spiro atoms. The zero-order valence-corrected chi connectivity index (χ0v) is 12.2. The summed E-state index contributed by atoms with van der Waals surface area (Å²) in [4.78, 5) is 4.53. The van der Waals surface area contributed by atoms with Crippen LogP contribution in [-0.2, 0) is 0 Å². The molecule has 0 aromatic carbocycles. The van der Waals surface area contributed by atoms with Gasteiger partial charge in [-0.2, -0.15) is 0 Å². The fraction of sp³-hybridized carbons (Fsp3) is 0.643. The number of aryl methyl sites for hydroxylation is 2. The monoisotopic (exact) mass is 252 g/mol. The van der Waals surface area contributed by atoms with E-state index < -0.39 is 0 Å². The van der Waals surface area contributed by atoms with Crippen molar-refractivity contribution in [3.8, 4) is 0 Å². The van der Waals surface area contributed by atoms with Gasteiger partial charge in [0.25, 0.3) is 0 Å². The molecule has 0 bridgehead atoms. The van der Waals surface area contributed by atoms with Crippen LogP contribution < -0.4 is 5.73 Å². The van der Waals surface area contributed by atoms with Gasteiger partial charge in [0, 0.05) is 5.69 Å². The van der Waals surface area contributed by atoms with Crippen LogP contribution in [0.15, 0.2) is 17.2 Å². The third kappa shape index (κ3) is 5.55. The number of rotatable bonds is 6. The highest BCUT2D eigenvalue weighted by molar-refractivity contribution is 7.99. The average molecular weight is 252 g/mol. The van der Waals surface area contributed by atoms with Gasteiger partial charge in [-0.15, -0.1) is 11.8 Å². The number of aromatic nitrogens is 1. The van der Waals surface area contributed by atoms with Crippen molar-refractivity contribution in [2.75, 3.05) is 12.3 Å². The van der Waals surface area contributed by atoms with E-state index >= 15 is 0 Å². The molecule has 1 rings (SSSR count). The summed E-state index contributed by atoms with van der Waals surface area (Å²) < 4.78 is 0. The Morgan fingerprint density at radius 2 is 2.00 bits per heavy atom. The van der Waals surface area contributed by atoms with Gasteiger partial charge in [-0.1, -0.05) is 13.8 Å². The number of thioether (sulfide) groups is 1. The fourth-order valence-corrected chi connectivity index (χ4v) is 2.68. The highest BCUT2D eigenvalue weighted by Gasteiger charge is 2.14. The Kier molecular flexibility index (Phi) is 5.47. The summed E-state index contributed by atoms with van der Waals surface area (Å²) in [6, 6.07) is 4.27. The lowest BCUT2D eigenvalue weighted by atomic mass is 9.88. The topological polar surface area (TPSA) is 38.9 Å². The molecule has 0 unspecified atom stereocenters. The van der Waals surface area contributed by atoms with Crippen LogP contribution in [0.3, 0.4) is 0 Å². The zero-order valence-electron chi connectivity index (χ0n) is 11.4. The Morgan fingerprint density at radius 3 is 2.59 bits per heavy atom. The Labute approximate surface area is 109 Å². The minimum Gasteiger partial charge on any atom is -0.330 e. The van der Waals surface area contributed by atoms with Crippen molar-refractivity contribution in [1.82, 2.24) is 4.98 Å². The van der Waals surface area contributed by atoms with E-state index in [4.69, 9.17) is 5.73 Å². The predicted octanol–water partition coefficient (Wildman–Crippen LogP) is 3.56. The fourth-order valence-electron chi connectivity index (χ4n) is 1.71. The molecule has 2 N–H and O–H groups in total. The summed E-state index contributed by atoms with van der Waals surface area (Å²) in [7, 11) is 0. The molecule has 3 heteroatoms. The second-order valence-corrected chi connectivity index (χ2v) is 6.56. The second kappa shape index (κ2) is 6.41. The van der Waals surface area contributed by atoms with Crippen molar-refractivity contribution in [3.63, 3.8) is 0 Å². The van der Waals surface area contributed by atoms with Gasteiger partial charge in [0.15, 0.2) is 0 Å². The molecule has 1 aromatic rings. The first kappa shape index (κ1) is 14.5. The van der Waals surface area contributed by atoms with Gasteiger partial charge in [0.2, 0.25) is 0 Å². The van der Waals surface area contributed by atoms with E-state index in [1.165, 1.54) is 18.4 Å². The molecule has 0 aliphatic carbocycles. The quantitative estimate of drug-likeness (QED) is 0.621. The summed E-state index contributed by atoms with van der Waals surface area (Å²) in [5, 5.41) is 1.15. The van der Waals surface area contributed by atoms with Gasteiger partial charge in [-0.05, 0) is 62.1 Å². The van der Waals surface area contributed by atoms with Crippen molar-refractivity contribution in [3.05, 3.63) is 23.4 Å². The first-order chi connectivity index (χ1) is 7.93. The van der Waals surface area contributed by atoms with Crippen LogP contribution in [0.1, 0.15) is 37.9 Å². The third-order valence-electron chi connectivity index (χ3n) is 2.87. The molecule has 2 nitrogen and oxygen atoms in total. The predicted molar refractivity (Wildman–Crippen MR) is 76.5 cm³/mol. The van der Waals surface area contributed by atoms with E-state index in [1.807, 2.05) is 11.8 Å². The average Bonchev–Trinajstić information content (AvgIpc) is 2.23. The van der Waals surface area contributed by atoms with Gasteiger partial charge >= 0.3 is 0 Å². The Bertz CT molecular complexity index is 341. The lowest BCUT2D eigenvalue weighted by molar-refractivity contribution is 0.345. The van der Waals surface area contributed by atoms with Crippen molar-refractivity contribution >= 4 is 11.8 Å². The van der Waals surface area contributed by atoms with Crippen LogP contribution in [-0.4, -0.2) is 17.3 Å². The molecule has 1 heterocycles. The summed E-state index contributed by atoms with van der Waals surface area (Å²) in [5.41, 5.74) is 8.39. The van der Waals surface area contributed by atoms with Crippen LogP contribution >= 0.6 is 11.8 Å². The maximum Gasteiger partial charge on any atom is 0.0965 e. The molecule has 0 saturated heterocycles. The normalized spacial score (nSPS) is 11.8. The molecule has 0 atom stereocenters. The molecule has 0 saturated carbocycles. The summed E-state index contributed by atoms with van der Waals surface area (Å²) in [6.45, 7) is 9.39. The number of nitrogens with zero attached hydrogens (tertiary/aromatic N) is 1. The van der Waals surface area contributed by atoms with Crippen molar-refractivity contribution in [2.45, 2.75) is 45.6 Å². The van der Waals surface area contributed by atoms with Gasteiger partial charge < -0.3 is 5.73 Å². The number of nitrogens with two attached hydrogens (primary N) is 1. The first-order valence-corrected chi connectivity index (χ1v) is 7.20. The molecular formula is C14H24N2S. The van der Waals surface area contributed by atoms with Crippen molar-refractivity contribution in [1.29, 1.82) is 0 Å². The minimum absolute atomic E-state index is 0.274. The molecule has 0 aliphatic heterocycles. The lowest BCUT2D eigenvalue weighted by Crippen LogP contribution is -2.23. The van der Waals surface area contributed by atoms with Gasteiger partial charge in [0.05, 0.1) is 5.03 Å². The van der Waals surface area contributed by atoms with Crippen LogP contribution in [0.25, 0.3) is 0 Å². The maximum atomic E-state index is 5.72. The highest BCUT2D eigenvalue weighted by Crippen LogP contribution is 2.24. The Balaban J connectivity index is 2.36. The smallest absolute Gasteiger partial charge is 0.0965 e. The third-order valence-corrected chi connectivity index (χ3v) is 3.87. The van der Waals surface area contributed by atoms with Crippen LogP contribution in [0.4, 0.5) is 0 Å².